The zero-order valence-corrected chi connectivity index (χ0v) is 17.4. The van der Waals surface area contributed by atoms with E-state index in [-0.39, 0.29) is 5.91 Å². The molecule has 1 unspecified atom stereocenters. The number of nitrogens with one attached hydrogen (secondary N) is 1. The maximum atomic E-state index is 12.6. The molecule has 0 radical (unpaired) electrons. The third-order valence-electron chi connectivity index (χ3n) is 4.61. The number of rotatable bonds is 9. The molecule has 2 rings (SSSR count). The van der Waals surface area contributed by atoms with Crippen molar-refractivity contribution in [2.75, 3.05) is 21.3 Å². The van der Waals surface area contributed by atoms with Gasteiger partial charge in [-0.1, -0.05) is 13.0 Å². The third kappa shape index (κ3) is 5.09. The quantitative estimate of drug-likeness (QED) is 0.709. The van der Waals surface area contributed by atoms with Gasteiger partial charge in [-0.05, 0) is 61.2 Å². The van der Waals surface area contributed by atoms with E-state index in [1.165, 1.54) is 5.56 Å². The van der Waals surface area contributed by atoms with Crippen molar-refractivity contribution >= 4 is 5.91 Å². The largest absolute Gasteiger partial charge is 0.493 e. The fourth-order valence-corrected chi connectivity index (χ4v) is 2.81. The number of carbonyl (C=O) groups is 1. The summed E-state index contributed by atoms with van der Waals surface area (Å²) in [6, 6.07) is 9.45. The van der Waals surface area contributed by atoms with Crippen LogP contribution in [0.1, 0.15) is 30.0 Å². The van der Waals surface area contributed by atoms with Crippen molar-refractivity contribution in [2.24, 2.45) is 0 Å². The summed E-state index contributed by atoms with van der Waals surface area (Å²) in [4.78, 5) is 12.6. The lowest BCUT2D eigenvalue weighted by Gasteiger charge is -2.19. The van der Waals surface area contributed by atoms with Crippen molar-refractivity contribution < 1.29 is 23.7 Å². The molecular formula is C22H29NO5. The molecule has 0 aliphatic carbocycles. The van der Waals surface area contributed by atoms with Gasteiger partial charge in [0.15, 0.2) is 17.6 Å². The van der Waals surface area contributed by atoms with Crippen molar-refractivity contribution in [1.82, 2.24) is 5.32 Å². The normalized spacial score (nSPS) is 11.5. The number of methoxy groups -OCH3 is 3. The van der Waals surface area contributed by atoms with Gasteiger partial charge in [0, 0.05) is 6.54 Å². The molecule has 0 heterocycles. The number of hydrogen-bond acceptors (Lipinski definition) is 5. The second-order valence-electron chi connectivity index (χ2n) is 6.51. The van der Waals surface area contributed by atoms with E-state index in [1.54, 1.807) is 21.3 Å². The lowest BCUT2D eigenvalue weighted by Crippen LogP contribution is -2.37. The summed E-state index contributed by atoms with van der Waals surface area (Å²) in [5, 5.41) is 2.92. The minimum Gasteiger partial charge on any atom is -0.493 e. The van der Waals surface area contributed by atoms with E-state index in [0.29, 0.717) is 36.0 Å². The highest BCUT2D eigenvalue weighted by molar-refractivity contribution is 5.81. The van der Waals surface area contributed by atoms with Gasteiger partial charge in [0.1, 0.15) is 5.75 Å². The first kappa shape index (κ1) is 21.4. The molecule has 0 aliphatic rings. The fourth-order valence-electron chi connectivity index (χ4n) is 2.81. The van der Waals surface area contributed by atoms with Gasteiger partial charge in [-0.15, -0.1) is 0 Å². The predicted octanol–water partition coefficient (Wildman–Crippen LogP) is 3.80. The molecule has 1 atom stereocenters. The zero-order chi connectivity index (χ0) is 20.7. The molecule has 1 amide bonds. The maximum Gasteiger partial charge on any atom is 0.261 e. The summed E-state index contributed by atoms with van der Waals surface area (Å²) in [5.74, 6) is 2.13. The number of hydrogen-bond donors (Lipinski definition) is 1. The Kier molecular flexibility index (Phi) is 7.55. The Hall–Kier alpha value is -2.89. The van der Waals surface area contributed by atoms with E-state index < -0.39 is 6.10 Å². The van der Waals surface area contributed by atoms with Gasteiger partial charge in [-0.2, -0.15) is 0 Å². The fraction of sp³-hybridized carbons (Fsp3) is 0.409. The molecule has 2 aromatic rings. The first-order chi connectivity index (χ1) is 13.4. The topological polar surface area (TPSA) is 66.0 Å². The summed E-state index contributed by atoms with van der Waals surface area (Å²) in [7, 11) is 4.67. The molecule has 0 bridgehead atoms. The molecule has 6 nitrogen and oxygen atoms in total. The summed E-state index contributed by atoms with van der Waals surface area (Å²) in [5.41, 5.74) is 3.15. The Morgan fingerprint density at radius 2 is 1.61 bits per heavy atom. The van der Waals surface area contributed by atoms with Crippen molar-refractivity contribution in [3.63, 3.8) is 0 Å². The summed E-state index contributed by atoms with van der Waals surface area (Å²) in [6.45, 7) is 6.31. The van der Waals surface area contributed by atoms with Crippen LogP contribution in [0.2, 0.25) is 0 Å². The van der Waals surface area contributed by atoms with Crippen LogP contribution in [0.15, 0.2) is 30.3 Å². The molecule has 0 aliphatic heterocycles. The van der Waals surface area contributed by atoms with Crippen molar-refractivity contribution in [3.8, 4) is 23.0 Å². The lowest BCUT2D eigenvalue weighted by atomic mass is 10.1. The highest BCUT2D eigenvalue weighted by Crippen LogP contribution is 2.38. The van der Waals surface area contributed by atoms with E-state index in [0.717, 1.165) is 11.1 Å². The molecule has 0 spiro atoms. The van der Waals surface area contributed by atoms with Crippen LogP contribution in [0.25, 0.3) is 0 Å². The Morgan fingerprint density at radius 3 is 2.11 bits per heavy atom. The first-order valence-electron chi connectivity index (χ1n) is 9.23. The zero-order valence-electron chi connectivity index (χ0n) is 17.4. The molecule has 0 saturated carbocycles. The molecule has 2 aromatic carbocycles. The summed E-state index contributed by atoms with van der Waals surface area (Å²) in [6.07, 6.45) is -0.00210. The second-order valence-corrected chi connectivity index (χ2v) is 6.51. The highest BCUT2D eigenvalue weighted by atomic mass is 16.5. The molecule has 0 aromatic heterocycles. The predicted molar refractivity (Wildman–Crippen MR) is 109 cm³/mol. The standard InChI is InChI=1S/C22H29NO5/c1-7-18(28-17-9-8-14(2)15(3)10-17)22(24)23-13-16-11-19(25-4)21(27-6)20(12-16)26-5/h8-12,18H,7,13H2,1-6H3,(H,23,24). The van der Waals surface area contributed by atoms with Crippen molar-refractivity contribution in [2.45, 2.75) is 39.8 Å². The molecular weight excluding hydrogens is 358 g/mol. The number of benzene rings is 2. The van der Waals surface area contributed by atoms with Crippen LogP contribution in [-0.4, -0.2) is 33.3 Å². The van der Waals surface area contributed by atoms with Gasteiger partial charge in [0.2, 0.25) is 5.75 Å². The van der Waals surface area contributed by atoms with Gasteiger partial charge < -0.3 is 24.3 Å². The lowest BCUT2D eigenvalue weighted by molar-refractivity contribution is -0.128. The Balaban J connectivity index is 2.07. The number of carbonyl (C=O) groups excluding carboxylic acids is 1. The van der Waals surface area contributed by atoms with Gasteiger partial charge >= 0.3 is 0 Å². The van der Waals surface area contributed by atoms with E-state index in [2.05, 4.69) is 5.32 Å². The summed E-state index contributed by atoms with van der Waals surface area (Å²) < 4.78 is 21.9. The van der Waals surface area contributed by atoms with E-state index in [9.17, 15) is 4.79 Å². The van der Waals surface area contributed by atoms with E-state index >= 15 is 0 Å². The number of amides is 1. The molecule has 28 heavy (non-hydrogen) atoms. The van der Waals surface area contributed by atoms with Gasteiger partial charge in [-0.3, -0.25) is 4.79 Å². The van der Waals surface area contributed by atoms with Crippen LogP contribution in [0, 0.1) is 13.8 Å². The molecule has 6 heteroatoms. The van der Waals surface area contributed by atoms with Gasteiger partial charge in [0.25, 0.3) is 5.91 Å². The van der Waals surface area contributed by atoms with Crippen molar-refractivity contribution in [1.29, 1.82) is 0 Å². The van der Waals surface area contributed by atoms with Crippen LogP contribution >= 0.6 is 0 Å². The van der Waals surface area contributed by atoms with E-state index in [4.69, 9.17) is 18.9 Å². The SMILES string of the molecule is CCC(Oc1ccc(C)c(C)c1)C(=O)NCc1cc(OC)c(OC)c(OC)c1. The van der Waals surface area contributed by atoms with Crippen LogP contribution < -0.4 is 24.3 Å². The van der Waals surface area contributed by atoms with Gasteiger partial charge in [-0.25, -0.2) is 0 Å². The monoisotopic (exact) mass is 387 g/mol. The smallest absolute Gasteiger partial charge is 0.261 e. The highest BCUT2D eigenvalue weighted by Gasteiger charge is 2.19. The maximum absolute atomic E-state index is 12.6. The number of aryl methyl sites for hydroxylation is 2. The third-order valence-corrected chi connectivity index (χ3v) is 4.61. The number of ether oxygens (including phenoxy) is 4. The van der Waals surface area contributed by atoms with Crippen LogP contribution in [0.3, 0.4) is 0 Å². The van der Waals surface area contributed by atoms with Crippen molar-refractivity contribution in [3.05, 3.63) is 47.0 Å². The molecule has 1 N–H and O–H groups in total. The van der Waals surface area contributed by atoms with Crippen LogP contribution in [0.5, 0.6) is 23.0 Å². The Bertz CT molecular complexity index is 794. The van der Waals surface area contributed by atoms with E-state index in [1.807, 2.05) is 51.1 Å². The molecule has 0 saturated heterocycles. The first-order valence-corrected chi connectivity index (χ1v) is 9.23. The minimum absolute atomic E-state index is 0.172. The van der Waals surface area contributed by atoms with Crippen LogP contribution in [-0.2, 0) is 11.3 Å². The van der Waals surface area contributed by atoms with Gasteiger partial charge in [0.05, 0.1) is 21.3 Å². The average molecular weight is 387 g/mol. The summed E-state index contributed by atoms with van der Waals surface area (Å²) >= 11 is 0. The second kappa shape index (κ2) is 9.88. The Morgan fingerprint density at radius 1 is 0.964 bits per heavy atom. The minimum atomic E-state index is -0.566. The van der Waals surface area contributed by atoms with Crippen LogP contribution in [0.4, 0.5) is 0 Å². The average Bonchev–Trinajstić information content (AvgIpc) is 2.71. The Labute approximate surface area is 166 Å². The molecule has 0 fully saturated rings. The molecule has 152 valence electrons.